The number of methoxy groups -OCH3 is 2. The number of hydrogen-bond acceptors (Lipinski definition) is 5. The van der Waals surface area contributed by atoms with Gasteiger partial charge in [0.25, 0.3) is 15.9 Å². The Morgan fingerprint density at radius 1 is 0.909 bits per heavy atom. The van der Waals surface area contributed by atoms with E-state index in [2.05, 4.69) is 10.0 Å². The first-order chi connectivity index (χ1) is 15.6. The van der Waals surface area contributed by atoms with Crippen molar-refractivity contribution < 1.29 is 22.7 Å². The van der Waals surface area contributed by atoms with E-state index in [0.717, 1.165) is 11.1 Å². The predicted molar refractivity (Wildman–Crippen MR) is 129 cm³/mol. The molecular formula is C25H28N2O5S. The summed E-state index contributed by atoms with van der Waals surface area (Å²) in [4.78, 5) is 13.0. The molecule has 0 fully saturated rings. The van der Waals surface area contributed by atoms with Gasteiger partial charge in [0.15, 0.2) is 0 Å². The summed E-state index contributed by atoms with van der Waals surface area (Å²) in [5, 5.41) is 2.90. The molecule has 33 heavy (non-hydrogen) atoms. The second-order valence-electron chi connectivity index (χ2n) is 7.75. The molecule has 0 aliphatic rings. The molecule has 0 aliphatic carbocycles. The van der Waals surface area contributed by atoms with E-state index in [1.165, 1.54) is 6.07 Å². The van der Waals surface area contributed by atoms with Crippen molar-refractivity contribution in [1.82, 2.24) is 5.32 Å². The van der Waals surface area contributed by atoms with Gasteiger partial charge in [-0.15, -0.1) is 0 Å². The van der Waals surface area contributed by atoms with E-state index in [1.54, 1.807) is 63.6 Å². The topological polar surface area (TPSA) is 93.7 Å². The number of ether oxygens (including phenoxy) is 2. The van der Waals surface area contributed by atoms with Gasteiger partial charge in [-0.05, 0) is 68.8 Å². The van der Waals surface area contributed by atoms with Crippen LogP contribution in [0.3, 0.4) is 0 Å². The van der Waals surface area contributed by atoms with E-state index in [-0.39, 0.29) is 10.5 Å². The Bertz CT molecular complexity index is 1250. The Balaban J connectivity index is 1.85. The molecule has 3 aromatic rings. The van der Waals surface area contributed by atoms with Gasteiger partial charge in [0.05, 0.1) is 25.2 Å². The molecule has 1 amide bonds. The number of nitrogens with one attached hydrogen (secondary N) is 2. The molecule has 3 aromatic carbocycles. The fourth-order valence-corrected chi connectivity index (χ4v) is 4.73. The minimum absolute atomic E-state index is 0.0438. The zero-order valence-corrected chi connectivity index (χ0v) is 20.1. The molecule has 3 rings (SSSR count). The van der Waals surface area contributed by atoms with Gasteiger partial charge >= 0.3 is 0 Å². The maximum atomic E-state index is 13.0. The molecule has 8 heteroatoms. The molecule has 0 bridgehead atoms. The zero-order chi connectivity index (χ0) is 24.2. The lowest BCUT2D eigenvalue weighted by atomic mass is 10.1. The first-order valence-electron chi connectivity index (χ1n) is 10.4. The molecule has 1 atom stereocenters. The van der Waals surface area contributed by atoms with Crippen molar-refractivity contribution in [1.29, 1.82) is 0 Å². The minimum atomic E-state index is -3.88. The largest absolute Gasteiger partial charge is 0.497 e. The van der Waals surface area contributed by atoms with Gasteiger partial charge in [-0.2, -0.15) is 0 Å². The second-order valence-corrected chi connectivity index (χ2v) is 9.41. The number of aryl methyl sites for hydroxylation is 2. The minimum Gasteiger partial charge on any atom is -0.497 e. The van der Waals surface area contributed by atoms with Crippen molar-refractivity contribution >= 4 is 21.6 Å². The summed E-state index contributed by atoms with van der Waals surface area (Å²) in [6, 6.07) is 16.6. The summed E-state index contributed by atoms with van der Waals surface area (Å²) >= 11 is 0. The Kier molecular flexibility index (Phi) is 7.28. The van der Waals surface area contributed by atoms with Gasteiger partial charge in [0.1, 0.15) is 11.5 Å². The molecule has 7 nitrogen and oxygen atoms in total. The van der Waals surface area contributed by atoms with E-state index >= 15 is 0 Å². The van der Waals surface area contributed by atoms with Crippen LogP contribution >= 0.6 is 0 Å². The smallest absolute Gasteiger partial charge is 0.262 e. The zero-order valence-electron chi connectivity index (χ0n) is 19.3. The van der Waals surface area contributed by atoms with Crippen molar-refractivity contribution in [2.24, 2.45) is 0 Å². The number of benzene rings is 3. The summed E-state index contributed by atoms with van der Waals surface area (Å²) in [5.41, 5.74) is 2.99. The number of sulfonamides is 1. The van der Waals surface area contributed by atoms with Gasteiger partial charge in [0.2, 0.25) is 0 Å². The number of carbonyl (C=O) groups excluding carboxylic acids is 1. The van der Waals surface area contributed by atoms with Crippen molar-refractivity contribution in [2.75, 3.05) is 18.9 Å². The fraction of sp³-hybridized carbons (Fsp3) is 0.240. The molecule has 0 aliphatic heterocycles. The average molecular weight is 469 g/mol. The average Bonchev–Trinajstić information content (AvgIpc) is 2.80. The Morgan fingerprint density at radius 2 is 1.61 bits per heavy atom. The van der Waals surface area contributed by atoms with Gasteiger partial charge in [-0.3, -0.25) is 9.52 Å². The lowest BCUT2D eigenvalue weighted by Gasteiger charge is -2.19. The third kappa shape index (κ3) is 5.64. The molecule has 2 N–H and O–H groups in total. The molecular weight excluding hydrogens is 440 g/mol. The number of anilines is 1. The second kappa shape index (κ2) is 9.95. The standard InChI is InChI=1S/C25H28N2O5S/c1-16-6-10-20(11-7-16)27-33(29,30)24-14-19(9-8-17(24)2)25(28)26-18(3)22-15-21(31-4)12-13-23(22)32-5/h6-15,18,27H,1-5H3,(H,26,28). The Labute approximate surface area is 194 Å². The summed E-state index contributed by atoms with van der Waals surface area (Å²) in [7, 11) is -0.763. The van der Waals surface area contributed by atoms with E-state index in [4.69, 9.17) is 9.47 Å². The third-order valence-corrected chi connectivity index (χ3v) is 6.82. The van der Waals surface area contributed by atoms with E-state index in [9.17, 15) is 13.2 Å². The molecule has 1 unspecified atom stereocenters. The molecule has 0 aromatic heterocycles. The Hall–Kier alpha value is -3.52. The van der Waals surface area contributed by atoms with Crippen LogP contribution in [0.2, 0.25) is 0 Å². The van der Waals surface area contributed by atoms with Crippen LogP contribution in [-0.4, -0.2) is 28.5 Å². The summed E-state index contributed by atoms with van der Waals surface area (Å²) in [6.45, 7) is 5.43. The van der Waals surface area contributed by atoms with Crippen LogP contribution in [0.1, 0.15) is 40.0 Å². The maximum absolute atomic E-state index is 13.0. The van der Waals surface area contributed by atoms with Gasteiger partial charge in [-0.1, -0.05) is 23.8 Å². The number of rotatable bonds is 8. The Morgan fingerprint density at radius 3 is 2.24 bits per heavy atom. The van der Waals surface area contributed by atoms with E-state index < -0.39 is 22.0 Å². The molecule has 0 saturated carbocycles. The third-order valence-electron chi connectivity index (χ3n) is 5.29. The molecule has 174 valence electrons. The highest BCUT2D eigenvalue weighted by atomic mass is 32.2. The van der Waals surface area contributed by atoms with Crippen LogP contribution < -0.4 is 19.5 Å². The summed E-state index contributed by atoms with van der Waals surface area (Å²) in [6.07, 6.45) is 0. The maximum Gasteiger partial charge on any atom is 0.262 e. The van der Waals surface area contributed by atoms with Crippen LogP contribution in [-0.2, 0) is 10.0 Å². The number of carbonyl (C=O) groups is 1. The molecule has 0 radical (unpaired) electrons. The lowest BCUT2D eigenvalue weighted by molar-refractivity contribution is 0.0939. The van der Waals surface area contributed by atoms with Gasteiger partial charge < -0.3 is 14.8 Å². The number of hydrogen-bond donors (Lipinski definition) is 2. The highest BCUT2D eigenvalue weighted by Gasteiger charge is 2.21. The molecule has 0 saturated heterocycles. The van der Waals surface area contributed by atoms with Crippen molar-refractivity contribution in [2.45, 2.75) is 31.7 Å². The summed E-state index contributed by atoms with van der Waals surface area (Å²) in [5.74, 6) is 0.843. The molecule has 0 heterocycles. The highest BCUT2D eigenvalue weighted by Crippen LogP contribution is 2.29. The monoisotopic (exact) mass is 468 g/mol. The van der Waals surface area contributed by atoms with Crippen molar-refractivity contribution in [3.05, 3.63) is 82.9 Å². The van der Waals surface area contributed by atoms with E-state index in [0.29, 0.717) is 22.7 Å². The van der Waals surface area contributed by atoms with Crippen LogP contribution in [0.25, 0.3) is 0 Å². The lowest BCUT2D eigenvalue weighted by Crippen LogP contribution is -2.27. The quantitative estimate of drug-likeness (QED) is 0.503. The van der Waals surface area contributed by atoms with Crippen molar-refractivity contribution in [3.63, 3.8) is 0 Å². The summed E-state index contributed by atoms with van der Waals surface area (Å²) < 4.78 is 39.3. The first-order valence-corrected chi connectivity index (χ1v) is 11.9. The number of amides is 1. The van der Waals surface area contributed by atoms with Crippen LogP contribution in [0, 0.1) is 13.8 Å². The first kappa shape index (κ1) is 24.1. The van der Waals surface area contributed by atoms with E-state index in [1.807, 2.05) is 26.0 Å². The van der Waals surface area contributed by atoms with Gasteiger partial charge in [0, 0.05) is 16.8 Å². The normalized spacial score (nSPS) is 12.0. The van der Waals surface area contributed by atoms with Crippen LogP contribution in [0.5, 0.6) is 11.5 Å². The highest BCUT2D eigenvalue weighted by molar-refractivity contribution is 7.92. The van der Waals surface area contributed by atoms with Crippen LogP contribution in [0.15, 0.2) is 65.6 Å². The van der Waals surface area contributed by atoms with Gasteiger partial charge in [-0.25, -0.2) is 8.42 Å². The SMILES string of the molecule is COc1ccc(OC)c(C(C)NC(=O)c2ccc(C)c(S(=O)(=O)Nc3ccc(C)cc3)c2)c1. The van der Waals surface area contributed by atoms with Crippen molar-refractivity contribution in [3.8, 4) is 11.5 Å². The predicted octanol–water partition coefficient (Wildman–Crippen LogP) is 4.61. The molecule has 0 spiro atoms. The van der Waals surface area contributed by atoms with Crippen LogP contribution in [0.4, 0.5) is 5.69 Å². The fourth-order valence-electron chi connectivity index (χ4n) is 3.40.